The normalized spacial score (nSPS) is 23.9. The van der Waals surface area contributed by atoms with Gasteiger partial charge < -0.3 is 10.6 Å². The van der Waals surface area contributed by atoms with Crippen LogP contribution < -0.4 is 10.6 Å². The second kappa shape index (κ2) is 7.41. The van der Waals surface area contributed by atoms with Gasteiger partial charge in [-0.05, 0) is 44.7 Å². The summed E-state index contributed by atoms with van der Waals surface area (Å²) in [6, 6.07) is 5.30. The van der Waals surface area contributed by atoms with Gasteiger partial charge in [0.25, 0.3) is 0 Å². The van der Waals surface area contributed by atoms with E-state index in [-0.39, 0.29) is 29.5 Å². The van der Waals surface area contributed by atoms with Crippen molar-refractivity contribution < 1.29 is 12.8 Å². The van der Waals surface area contributed by atoms with Crippen LogP contribution in [0.1, 0.15) is 31.4 Å². The lowest BCUT2D eigenvalue weighted by atomic mass is 9.99. The van der Waals surface area contributed by atoms with Gasteiger partial charge in [-0.25, -0.2) is 17.8 Å². The number of aromatic nitrogens is 4. The highest BCUT2D eigenvalue weighted by atomic mass is 32.2. The minimum Gasteiger partial charge on any atom is -0.367 e. The first-order chi connectivity index (χ1) is 14.8. The van der Waals surface area contributed by atoms with Crippen LogP contribution in [0, 0.1) is 12.7 Å². The van der Waals surface area contributed by atoms with Gasteiger partial charge in [-0.15, -0.1) is 0 Å². The van der Waals surface area contributed by atoms with Gasteiger partial charge in [-0.1, -0.05) is 0 Å². The van der Waals surface area contributed by atoms with Crippen LogP contribution in [0.5, 0.6) is 0 Å². The predicted molar refractivity (Wildman–Crippen MR) is 116 cm³/mol. The Labute approximate surface area is 179 Å². The number of piperidine rings is 1. The maximum Gasteiger partial charge on any atom is 0.211 e. The summed E-state index contributed by atoms with van der Waals surface area (Å²) in [5.74, 6) is 0.478. The number of H-pyrrole nitrogens is 1. The standard InChI is InChI=1S/C20H24FN7O2S/c1-11-8-16(27-26-11)24-20-17(21)18-15(4-3-7-22-18)19(25-20)23-12-9-13-5-6-14(10-12)28(13)31(2,29)30/h3-4,7-8,12-14H,5-6,9-10H2,1-2H3,(H3,23,24,25,26,27)/t12?,13-,14+. The van der Waals surface area contributed by atoms with Gasteiger partial charge in [0.1, 0.15) is 11.3 Å². The van der Waals surface area contributed by atoms with E-state index in [9.17, 15) is 8.42 Å². The Hall–Kier alpha value is -2.79. The number of aryl methyl sites for hydroxylation is 1. The molecule has 31 heavy (non-hydrogen) atoms. The number of halogens is 1. The Bertz CT molecular complexity index is 1230. The maximum absolute atomic E-state index is 15.1. The summed E-state index contributed by atoms with van der Waals surface area (Å²) in [5.41, 5.74) is 1.06. The second-order valence-electron chi connectivity index (χ2n) is 8.37. The summed E-state index contributed by atoms with van der Waals surface area (Å²) < 4.78 is 41.1. The first-order valence-corrected chi connectivity index (χ1v) is 12.1. The second-order valence-corrected chi connectivity index (χ2v) is 10.3. The number of rotatable bonds is 5. The zero-order chi connectivity index (χ0) is 21.8. The molecule has 0 saturated carbocycles. The molecule has 2 bridgehead atoms. The molecule has 2 fully saturated rings. The number of pyridine rings is 2. The number of fused-ring (bicyclic) bond motifs is 3. The third kappa shape index (κ3) is 3.72. The molecular formula is C20H24FN7O2S. The highest BCUT2D eigenvalue weighted by Gasteiger charge is 2.45. The lowest BCUT2D eigenvalue weighted by Gasteiger charge is -2.37. The summed E-state index contributed by atoms with van der Waals surface area (Å²) in [6.07, 6.45) is 5.92. The van der Waals surface area contributed by atoms with Crippen molar-refractivity contribution in [1.29, 1.82) is 0 Å². The van der Waals surface area contributed by atoms with E-state index >= 15 is 4.39 Å². The number of hydrogen-bond donors (Lipinski definition) is 3. The van der Waals surface area contributed by atoms with Crippen LogP contribution in [0.3, 0.4) is 0 Å². The third-order valence-electron chi connectivity index (χ3n) is 6.04. The molecule has 2 aliphatic heterocycles. The molecule has 0 amide bonds. The average Bonchev–Trinajstić information content (AvgIpc) is 3.26. The molecule has 2 saturated heterocycles. The summed E-state index contributed by atoms with van der Waals surface area (Å²) >= 11 is 0. The van der Waals surface area contributed by atoms with Crippen LogP contribution in [0.25, 0.3) is 10.9 Å². The predicted octanol–water partition coefficient (Wildman–Crippen LogP) is 2.91. The molecule has 0 aliphatic carbocycles. The number of aromatic amines is 1. The number of nitrogens with one attached hydrogen (secondary N) is 3. The van der Waals surface area contributed by atoms with Crippen molar-refractivity contribution in [3.05, 3.63) is 35.9 Å². The zero-order valence-corrected chi connectivity index (χ0v) is 18.1. The summed E-state index contributed by atoms with van der Waals surface area (Å²) in [7, 11) is -3.23. The van der Waals surface area contributed by atoms with Crippen LogP contribution >= 0.6 is 0 Å². The van der Waals surface area contributed by atoms with Gasteiger partial charge >= 0.3 is 0 Å². The fourth-order valence-corrected chi connectivity index (χ4v) is 6.35. The summed E-state index contributed by atoms with van der Waals surface area (Å²) in [4.78, 5) is 8.73. The van der Waals surface area contributed by atoms with E-state index in [2.05, 4.69) is 30.8 Å². The Morgan fingerprint density at radius 2 is 1.97 bits per heavy atom. The minimum absolute atomic E-state index is 0.0132. The van der Waals surface area contributed by atoms with Crippen LogP contribution in [-0.4, -0.2) is 57.3 Å². The molecule has 164 valence electrons. The Morgan fingerprint density at radius 3 is 2.61 bits per heavy atom. The van der Waals surface area contributed by atoms with Crippen molar-refractivity contribution in [3.8, 4) is 0 Å². The van der Waals surface area contributed by atoms with E-state index < -0.39 is 15.8 Å². The van der Waals surface area contributed by atoms with Crippen LogP contribution in [0.4, 0.5) is 21.8 Å². The monoisotopic (exact) mass is 445 g/mol. The topological polar surface area (TPSA) is 116 Å². The van der Waals surface area contributed by atoms with Gasteiger partial charge in [0.05, 0.1) is 6.26 Å². The molecule has 5 heterocycles. The molecule has 3 aromatic heterocycles. The van der Waals surface area contributed by atoms with Crippen molar-refractivity contribution in [2.24, 2.45) is 0 Å². The first-order valence-electron chi connectivity index (χ1n) is 10.3. The van der Waals surface area contributed by atoms with Gasteiger partial charge in [-0.3, -0.25) is 10.1 Å². The Kier molecular flexibility index (Phi) is 4.82. The van der Waals surface area contributed by atoms with E-state index in [1.165, 1.54) is 6.26 Å². The van der Waals surface area contributed by atoms with Crippen molar-refractivity contribution in [2.45, 2.75) is 50.7 Å². The molecule has 1 unspecified atom stereocenters. The fraction of sp³-hybridized carbons (Fsp3) is 0.450. The number of nitrogens with zero attached hydrogens (tertiary/aromatic N) is 4. The molecule has 2 aliphatic rings. The molecule has 0 aromatic carbocycles. The lowest BCUT2D eigenvalue weighted by molar-refractivity contribution is 0.236. The molecule has 5 rings (SSSR count). The molecule has 3 atom stereocenters. The van der Waals surface area contributed by atoms with E-state index in [1.807, 2.05) is 6.92 Å². The van der Waals surface area contributed by atoms with Gasteiger partial charge in [0.15, 0.2) is 17.5 Å². The van der Waals surface area contributed by atoms with E-state index in [1.54, 1.807) is 28.7 Å². The highest BCUT2D eigenvalue weighted by molar-refractivity contribution is 7.88. The van der Waals surface area contributed by atoms with Crippen LogP contribution in [0.15, 0.2) is 24.4 Å². The first kappa shape index (κ1) is 20.1. The molecule has 0 spiro atoms. The Balaban J connectivity index is 1.46. The van der Waals surface area contributed by atoms with Gasteiger partial charge in [-0.2, -0.15) is 9.40 Å². The minimum atomic E-state index is -3.23. The maximum atomic E-state index is 15.1. The van der Waals surface area contributed by atoms with E-state index in [0.717, 1.165) is 18.5 Å². The average molecular weight is 446 g/mol. The number of anilines is 3. The summed E-state index contributed by atoms with van der Waals surface area (Å²) in [5, 5.41) is 13.9. The van der Waals surface area contributed by atoms with Gasteiger partial charge in [0, 0.05) is 41.5 Å². The van der Waals surface area contributed by atoms with Crippen molar-refractivity contribution >= 4 is 38.4 Å². The van der Waals surface area contributed by atoms with Crippen molar-refractivity contribution in [2.75, 3.05) is 16.9 Å². The number of sulfonamides is 1. The smallest absolute Gasteiger partial charge is 0.211 e. The summed E-state index contributed by atoms with van der Waals surface area (Å²) in [6.45, 7) is 1.86. The van der Waals surface area contributed by atoms with E-state index in [4.69, 9.17) is 0 Å². The molecule has 0 radical (unpaired) electrons. The largest absolute Gasteiger partial charge is 0.367 e. The Morgan fingerprint density at radius 1 is 1.23 bits per heavy atom. The molecule has 3 N–H and O–H groups in total. The van der Waals surface area contributed by atoms with Crippen LogP contribution in [0.2, 0.25) is 0 Å². The third-order valence-corrected chi connectivity index (χ3v) is 7.41. The number of hydrogen-bond acceptors (Lipinski definition) is 7. The molecule has 9 nitrogen and oxygen atoms in total. The SMILES string of the molecule is Cc1cc(Nc2nc(NC3C[C@H]4CC[C@@H](C3)N4S(C)(=O)=O)c3cccnc3c2F)n[nH]1. The molecule has 11 heteroatoms. The zero-order valence-electron chi connectivity index (χ0n) is 17.3. The van der Waals surface area contributed by atoms with Gasteiger partial charge in [0.2, 0.25) is 10.0 Å². The quantitative estimate of drug-likeness (QED) is 0.553. The molecular weight excluding hydrogens is 421 g/mol. The van der Waals surface area contributed by atoms with Crippen molar-refractivity contribution in [1.82, 2.24) is 24.5 Å². The lowest BCUT2D eigenvalue weighted by Crippen LogP contribution is -2.49. The highest BCUT2D eigenvalue weighted by Crippen LogP contribution is 2.39. The van der Waals surface area contributed by atoms with Crippen molar-refractivity contribution in [3.63, 3.8) is 0 Å². The molecule has 3 aromatic rings. The van der Waals surface area contributed by atoms with E-state index in [0.29, 0.717) is 29.9 Å². The fourth-order valence-electron chi connectivity index (χ4n) is 4.89. The van der Waals surface area contributed by atoms with Crippen LogP contribution in [-0.2, 0) is 10.0 Å².